The van der Waals surface area contributed by atoms with E-state index in [9.17, 15) is 9.59 Å². The van der Waals surface area contributed by atoms with E-state index < -0.39 is 5.60 Å². The number of hydrogen-bond donors (Lipinski definition) is 0. The van der Waals surface area contributed by atoms with E-state index in [0.717, 1.165) is 18.4 Å². The molecule has 0 bridgehead atoms. The molecule has 1 saturated heterocycles. The van der Waals surface area contributed by atoms with E-state index in [4.69, 9.17) is 9.47 Å². The largest absolute Gasteiger partial charge is 0.447 e. The van der Waals surface area contributed by atoms with Crippen molar-refractivity contribution >= 4 is 11.9 Å². The number of nitrogens with zero attached hydrogens (tertiary/aromatic N) is 1. The zero-order valence-electron chi connectivity index (χ0n) is 14.4. The molecule has 130 valence electrons. The van der Waals surface area contributed by atoms with Crippen LogP contribution in [0.3, 0.4) is 0 Å². The van der Waals surface area contributed by atoms with Crippen molar-refractivity contribution in [2.45, 2.75) is 57.2 Å². The van der Waals surface area contributed by atoms with Gasteiger partial charge < -0.3 is 9.47 Å². The van der Waals surface area contributed by atoms with Gasteiger partial charge in [-0.15, -0.1) is 0 Å². The van der Waals surface area contributed by atoms with Crippen LogP contribution in [0, 0.1) is 0 Å². The Labute approximate surface area is 142 Å². The van der Waals surface area contributed by atoms with Gasteiger partial charge in [-0.25, -0.2) is 4.79 Å². The fourth-order valence-electron chi connectivity index (χ4n) is 3.85. The zero-order chi connectivity index (χ0) is 17.2. The molecule has 1 aliphatic carbocycles. The predicted molar refractivity (Wildman–Crippen MR) is 89.7 cm³/mol. The van der Waals surface area contributed by atoms with Gasteiger partial charge in [-0.2, -0.15) is 0 Å². The molecule has 0 spiro atoms. The molecule has 2 aliphatic rings. The summed E-state index contributed by atoms with van der Waals surface area (Å²) in [5.74, 6) is 0.106. The lowest BCUT2D eigenvalue weighted by Crippen LogP contribution is -2.68. The summed E-state index contributed by atoms with van der Waals surface area (Å²) in [7, 11) is 0. The molecule has 0 unspecified atom stereocenters. The highest BCUT2D eigenvalue weighted by Gasteiger charge is 2.61. The van der Waals surface area contributed by atoms with Gasteiger partial charge in [0.2, 0.25) is 0 Å². The Hall–Kier alpha value is -1.88. The summed E-state index contributed by atoms with van der Waals surface area (Å²) in [4.78, 5) is 26.6. The van der Waals surface area contributed by atoms with E-state index in [2.05, 4.69) is 6.92 Å². The molecule has 1 saturated carbocycles. The van der Waals surface area contributed by atoms with Gasteiger partial charge in [0.1, 0.15) is 12.2 Å². The third kappa shape index (κ3) is 2.71. The fraction of sp³-hybridized carbons (Fsp3) is 0.579. The summed E-state index contributed by atoms with van der Waals surface area (Å²) in [6, 6.07) is 9.45. The third-order valence-corrected chi connectivity index (χ3v) is 5.12. The number of carbonyl (C=O) groups is 2. The maximum atomic E-state index is 12.5. The lowest BCUT2D eigenvalue weighted by Gasteiger charge is -2.51. The number of benzene rings is 1. The van der Waals surface area contributed by atoms with Crippen molar-refractivity contribution in [3.8, 4) is 0 Å². The fourth-order valence-corrected chi connectivity index (χ4v) is 3.85. The van der Waals surface area contributed by atoms with Crippen molar-refractivity contribution in [3.05, 3.63) is 35.9 Å². The quantitative estimate of drug-likeness (QED) is 0.767. The van der Waals surface area contributed by atoms with Crippen molar-refractivity contribution in [1.82, 2.24) is 4.90 Å². The molecule has 3 atom stereocenters. The van der Waals surface area contributed by atoms with Crippen molar-refractivity contribution in [2.75, 3.05) is 13.2 Å². The van der Waals surface area contributed by atoms with Crippen LogP contribution in [0.15, 0.2) is 30.3 Å². The van der Waals surface area contributed by atoms with Crippen molar-refractivity contribution in [1.29, 1.82) is 0 Å². The highest BCUT2D eigenvalue weighted by atomic mass is 16.6. The van der Waals surface area contributed by atoms with Crippen LogP contribution in [-0.4, -0.2) is 41.6 Å². The second-order valence-corrected chi connectivity index (χ2v) is 6.48. The third-order valence-electron chi connectivity index (χ3n) is 5.12. The summed E-state index contributed by atoms with van der Waals surface area (Å²) < 4.78 is 11.3. The number of ether oxygens (including phenoxy) is 2. The zero-order valence-corrected chi connectivity index (χ0v) is 14.4. The summed E-state index contributed by atoms with van der Waals surface area (Å²) in [5.41, 5.74) is 0.171. The first-order valence-corrected chi connectivity index (χ1v) is 8.81. The number of Topliss-reactive ketones (excluding diaryl/α,β-unsaturated/α-hetero) is 1. The lowest BCUT2D eigenvalue weighted by atomic mass is 9.69. The molecular weight excluding hydrogens is 306 g/mol. The molecule has 0 N–H and O–H groups in total. The Bertz CT molecular complexity index is 603. The number of amides is 1. The second-order valence-electron chi connectivity index (χ2n) is 6.48. The number of rotatable bonds is 7. The Morgan fingerprint density at radius 1 is 1.25 bits per heavy atom. The van der Waals surface area contributed by atoms with Gasteiger partial charge in [-0.05, 0) is 18.9 Å². The molecule has 24 heavy (non-hydrogen) atoms. The van der Waals surface area contributed by atoms with Gasteiger partial charge in [0.15, 0.2) is 5.78 Å². The van der Waals surface area contributed by atoms with E-state index in [1.54, 1.807) is 4.90 Å². The van der Waals surface area contributed by atoms with Gasteiger partial charge in [-0.1, -0.05) is 50.1 Å². The normalized spacial score (nSPS) is 29.5. The average Bonchev–Trinajstić information content (AvgIpc) is 2.98. The molecule has 0 radical (unpaired) electrons. The topological polar surface area (TPSA) is 55.8 Å². The number of hydrogen-bond acceptors (Lipinski definition) is 4. The molecular formula is C19H25NO4. The smallest absolute Gasteiger partial charge is 0.410 e. The van der Waals surface area contributed by atoms with E-state index in [0.29, 0.717) is 26.1 Å². The molecule has 1 amide bonds. The predicted octanol–water partition coefficient (Wildman–Crippen LogP) is 3.49. The molecule has 1 heterocycles. The van der Waals surface area contributed by atoms with Crippen LogP contribution < -0.4 is 0 Å². The van der Waals surface area contributed by atoms with Gasteiger partial charge >= 0.3 is 6.09 Å². The Morgan fingerprint density at radius 3 is 2.62 bits per heavy atom. The minimum Gasteiger partial charge on any atom is -0.447 e. The maximum absolute atomic E-state index is 12.5. The molecule has 1 aliphatic heterocycles. The Kier molecular flexibility index (Phi) is 4.90. The first-order chi connectivity index (χ1) is 11.6. The van der Waals surface area contributed by atoms with Crippen molar-refractivity contribution in [2.24, 2.45) is 0 Å². The first-order valence-electron chi connectivity index (χ1n) is 8.81. The first kappa shape index (κ1) is 17.0. The van der Waals surface area contributed by atoms with Gasteiger partial charge in [0.25, 0.3) is 0 Å². The van der Waals surface area contributed by atoms with Gasteiger partial charge in [-0.3, -0.25) is 9.69 Å². The summed E-state index contributed by atoms with van der Waals surface area (Å²) >= 11 is 0. The number of cyclic esters (lactones) is 1. The molecule has 5 heteroatoms. The standard InChI is InChI=1S/C19H25NO4/c1-3-5-11-19(24-4-2)16(12-17(19)21)20-15(13-23-18(20)22)14-9-7-6-8-10-14/h6-10,15-16H,3-5,11-13H2,1-2H3/t15-,16+,19-/m1/s1. The molecule has 5 nitrogen and oxygen atoms in total. The molecule has 0 aromatic heterocycles. The van der Waals surface area contributed by atoms with E-state index in [1.807, 2.05) is 37.3 Å². The van der Waals surface area contributed by atoms with E-state index in [1.165, 1.54) is 0 Å². The number of unbranched alkanes of at least 4 members (excludes halogenated alkanes) is 1. The van der Waals surface area contributed by atoms with Crippen molar-refractivity contribution in [3.63, 3.8) is 0 Å². The summed E-state index contributed by atoms with van der Waals surface area (Å²) in [5, 5.41) is 0. The number of carbonyl (C=O) groups excluding carboxylic acids is 2. The lowest BCUT2D eigenvalue weighted by molar-refractivity contribution is -0.179. The van der Waals surface area contributed by atoms with Crippen LogP contribution >= 0.6 is 0 Å². The maximum Gasteiger partial charge on any atom is 0.410 e. The van der Waals surface area contributed by atoms with Crippen LogP contribution in [-0.2, 0) is 14.3 Å². The summed E-state index contributed by atoms with van der Waals surface area (Å²) in [6.45, 7) is 4.77. The van der Waals surface area contributed by atoms with Crippen LogP contribution in [0.25, 0.3) is 0 Å². The minimum absolute atomic E-state index is 0.106. The van der Waals surface area contributed by atoms with Crippen LogP contribution in [0.4, 0.5) is 4.79 Å². The second kappa shape index (κ2) is 6.93. The van der Waals surface area contributed by atoms with Crippen molar-refractivity contribution < 1.29 is 19.1 Å². The van der Waals surface area contributed by atoms with Crippen LogP contribution in [0.2, 0.25) is 0 Å². The number of ketones is 1. The molecule has 2 fully saturated rings. The summed E-state index contributed by atoms with van der Waals surface area (Å²) in [6.07, 6.45) is 2.55. The minimum atomic E-state index is -0.860. The monoisotopic (exact) mass is 331 g/mol. The average molecular weight is 331 g/mol. The molecule has 1 aromatic carbocycles. The molecule has 3 rings (SSSR count). The van der Waals surface area contributed by atoms with Gasteiger partial charge in [0, 0.05) is 13.0 Å². The van der Waals surface area contributed by atoms with Crippen LogP contribution in [0.5, 0.6) is 0 Å². The SMILES string of the molecule is CCCC[C@]1(OCC)C(=O)C[C@@H]1N1C(=O)OC[C@@H]1c1ccccc1. The molecule has 1 aromatic rings. The Balaban J connectivity index is 1.89. The van der Waals surface area contributed by atoms with Crippen LogP contribution in [0.1, 0.15) is 51.1 Å². The van der Waals surface area contributed by atoms with E-state index in [-0.39, 0.29) is 24.0 Å². The van der Waals surface area contributed by atoms with E-state index >= 15 is 0 Å². The Morgan fingerprint density at radius 2 is 2.00 bits per heavy atom. The van der Waals surface area contributed by atoms with Gasteiger partial charge in [0.05, 0.1) is 12.1 Å². The highest BCUT2D eigenvalue weighted by molar-refractivity contribution is 5.96. The highest BCUT2D eigenvalue weighted by Crippen LogP contribution is 2.45.